The van der Waals surface area contributed by atoms with Crippen molar-refractivity contribution in [2.45, 2.75) is 18.9 Å². The molecule has 0 saturated heterocycles. The molecule has 0 atom stereocenters. The highest BCUT2D eigenvalue weighted by atomic mass is 79.9. The summed E-state index contributed by atoms with van der Waals surface area (Å²) in [5.41, 5.74) is 0.534. The van der Waals surface area contributed by atoms with Crippen molar-refractivity contribution in [2.75, 3.05) is 25.5 Å². The molecule has 2 rings (SSSR count). The van der Waals surface area contributed by atoms with E-state index in [-0.39, 0.29) is 18.6 Å². The van der Waals surface area contributed by atoms with Crippen molar-refractivity contribution in [1.82, 2.24) is 9.88 Å². The van der Waals surface area contributed by atoms with Crippen LogP contribution in [0.3, 0.4) is 0 Å². The molecule has 2 N–H and O–H groups in total. The molecule has 0 bridgehead atoms. The maximum atomic E-state index is 12.5. The van der Waals surface area contributed by atoms with E-state index in [1.54, 1.807) is 24.2 Å². The molecule has 6 heteroatoms. The van der Waals surface area contributed by atoms with E-state index in [4.69, 9.17) is 5.11 Å². The average Bonchev–Trinajstić information content (AvgIpc) is 3.19. The Morgan fingerprint density at radius 2 is 2.39 bits per heavy atom. The molecule has 0 unspecified atom stereocenters. The van der Waals surface area contributed by atoms with E-state index in [0.717, 1.165) is 17.3 Å². The van der Waals surface area contributed by atoms with Crippen LogP contribution >= 0.6 is 15.9 Å². The molecule has 1 aromatic heterocycles. The molecular formula is C12H16BrN3O2. The number of halogens is 1. The van der Waals surface area contributed by atoms with Crippen LogP contribution in [0.2, 0.25) is 0 Å². The molecular weight excluding hydrogens is 298 g/mol. The number of nitrogens with one attached hydrogen (secondary N) is 1. The molecule has 1 aromatic rings. The summed E-state index contributed by atoms with van der Waals surface area (Å²) in [4.78, 5) is 18.4. The predicted molar refractivity (Wildman–Crippen MR) is 72.6 cm³/mol. The lowest BCUT2D eigenvalue weighted by molar-refractivity contribution is 0.0708. The number of hydrogen-bond donors (Lipinski definition) is 2. The fourth-order valence-corrected chi connectivity index (χ4v) is 2.23. The first-order valence-electron chi connectivity index (χ1n) is 5.92. The van der Waals surface area contributed by atoms with Crippen LogP contribution in [0.15, 0.2) is 16.7 Å². The number of aliphatic hydroxyl groups is 1. The Bertz CT molecular complexity index is 449. The highest BCUT2D eigenvalue weighted by Gasteiger charge is 2.33. The number of anilines is 1. The van der Waals surface area contributed by atoms with E-state index in [9.17, 15) is 4.79 Å². The van der Waals surface area contributed by atoms with Crippen LogP contribution in [0.25, 0.3) is 0 Å². The number of aliphatic hydroxyl groups excluding tert-OH is 1. The number of rotatable bonds is 5. The third-order valence-corrected chi connectivity index (χ3v) is 3.34. The topological polar surface area (TPSA) is 65.5 Å². The van der Waals surface area contributed by atoms with E-state index in [0.29, 0.717) is 17.9 Å². The van der Waals surface area contributed by atoms with Crippen molar-refractivity contribution in [3.05, 3.63) is 22.3 Å². The molecule has 1 heterocycles. The second-order valence-electron chi connectivity index (χ2n) is 4.25. The Kier molecular flexibility index (Phi) is 4.19. The summed E-state index contributed by atoms with van der Waals surface area (Å²) in [7, 11) is 1.74. The number of aromatic nitrogens is 1. The monoisotopic (exact) mass is 313 g/mol. The van der Waals surface area contributed by atoms with E-state index in [1.165, 1.54) is 0 Å². The van der Waals surface area contributed by atoms with Crippen LogP contribution in [0.5, 0.6) is 0 Å². The largest absolute Gasteiger partial charge is 0.395 e. The molecule has 1 fully saturated rings. The Morgan fingerprint density at radius 1 is 1.67 bits per heavy atom. The molecule has 0 spiro atoms. The Morgan fingerprint density at radius 3 is 2.94 bits per heavy atom. The zero-order chi connectivity index (χ0) is 13.1. The summed E-state index contributed by atoms with van der Waals surface area (Å²) >= 11 is 3.32. The van der Waals surface area contributed by atoms with Crippen molar-refractivity contribution in [3.8, 4) is 0 Å². The third kappa shape index (κ3) is 2.81. The minimum atomic E-state index is -0.0790. The number of amides is 1. The van der Waals surface area contributed by atoms with Gasteiger partial charge in [0.15, 0.2) is 0 Å². The molecule has 98 valence electrons. The first kappa shape index (κ1) is 13.3. The van der Waals surface area contributed by atoms with Crippen molar-refractivity contribution >= 4 is 27.7 Å². The summed E-state index contributed by atoms with van der Waals surface area (Å²) in [6, 6.07) is 2.03. The van der Waals surface area contributed by atoms with Gasteiger partial charge in [-0.3, -0.25) is 4.79 Å². The highest BCUT2D eigenvalue weighted by Crippen LogP contribution is 2.29. The first-order valence-corrected chi connectivity index (χ1v) is 6.71. The smallest absolute Gasteiger partial charge is 0.257 e. The minimum Gasteiger partial charge on any atom is -0.395 e. The van der Waals surface area contributed by atoms with Gasteiger partial charge in [-0.1, -0.05) is 0 Å². The lowest BCUT2D eigenvalue weighted by atomic mass is 10.2. The number of carbonyl (C=O) groups is 1. The molecule has 5 nitrogen and oxygen atoms in total. The van der Waals surface area contributed by atoms with E-state index in [2.05, 4.69) is 26.2 Å². The normalized spacial score (nSPS) is 14.4. The zero-order valence-electron chi connectivity index (χ0n) is 10.2. The molecule has 1 amide bonds. The summed E-state index contributed by atoms with van der Waals surface area (Å²) in [6.07, 6.45) is 3.68. The van der Waals surface area contributed by atoms with Gasteiger partial charge in [-0.25, -0.2) is 4.98 Å². The number of carbonyl (C=O) groups excluding carboxylic acids is 1. The van der Waals surface area contributed by atoms with Crippen molar-refractivity contribution < 1.29 is 9.90 Å². The molecule has 0 aliphatic heterocycles. The molecule has 1 aliphatic rings. The summed E-state index contributed by atoms with van der Waals surface area (Å²) in [5.74, 6) is 0.483. The van der Waals surface area contributed by atoms with Crippen LogP contribution in [0, 0.1) is 0 Å². The predicted octanol–water partition coefficient (Wildman–Crippen LogP) is 1.48. The van der Waals surface area contributed by atoms with Gasteiger partial charge in [-0.2, -0.15) is 0 Å². The van der Waals surface area contributed by atoms with Gasteiger partial charge < -0.3 is 15.3 Å². The summed E-state index contributed by atoms with van der Waals surface area (Å²) in [6.45, 7) is 0.359. The number of pyridine rings is 1. The van der Waals surface area contributed by atoms with E-state index in [1.807, 2.05) is 0 Å². The minimum absolute atomic E-state index is 0.0153. The Labute approximate surface area is 114 Å². The number of hydrogen-bond acceptors (Lipinski definition) is 4. The van der Waals surface area contributed by atoms with Crippen molar-refractivity contribution in [2.24, 2.45) is 0 Å². The standard InChI is InChI=1S/C12H16BrN3O2/c1-14-11-10(6-8(13)7-15-11)12(18)16(4-5-17)9-2-3-9/h6-7,9,17H,2-5H2,1H3,(H,14,15). The second-order valence-corrected chi connectivity index (χ2v) is 5.17. The van der Waals surface area contributed by atoms with Gasteiger partial charge in [0.25, 0.3) is 5.91 Å². The first-order chi connectivity index (χ1) is 8.67. The summed E-state index contributed by atoms with van der Waals surface area (Å²) in [5, 5.41) is 12.0. The Hall–Kier alpha value is -1.14. The maximum Gasteiger partial charge on any atom is 0.257 e. The average molecular weight is 314 g/mol. The molecule has 0 aromatic carbocycles. The molecule has 0 radical (unpaired) electrons. The van der Waals surface area contributed by atoms with Crippen LogP contribution in [0.4, 0.5) is 5.82 Å². The second kappa shape index (κ2) is 5.67. The molecule has 18 heavy (non-hydrogen) atoms. The van der Waals surface area contributed by atoms with Crippen LogP contribution in [-0.2, 0) is 0 Å². The fraction of sp³-hybridized carbons (Fsp3) is 0.500. The SMILES string of the molecule is CNc1ncc(Br)cc1C(=O)N(CCO)C1CC1. The quantitative estimate of drug-likeness (QED) is 0.864. The van der Waals surface area contributed by atoms with Crippen LogP contribution in [0.1, 0.15) is 23.2 Å². The van der Waals surface area contributed by atoms with Gasteiger partial charge >= 0.3 is 0 Å². The van der Waals surface area contributed by atoms with E-state index >= 15 is 0 Å². The maximum absolute atomic E-state index is 12.5. The van der Waals surface area contributed by atoms with Gasteiger partial charge in [-0.05, 0) is 34.8 Å². The van der Waals surface area contributed by atoms with Crippen LogP contribution < -0.4 is 5.32 Å². The van der Waals surface area contributed by atoms with Gasteiger partial charge in [0.05, 0.1) is 12.2 Å². The van der Waals surface area contributed by atoms with Gasteiger partial charge in [0.1, 0.15) is 5.82 Å². The lowest BCUT2D eigenvalue weighted by Gasteiger charge is -2.22. The Balaban J connectivity index is 2.28. The third-order valence-electron chi connectivity index (χ3n) is 2.91. The summed E-state index contributed by atoms with van der Waals surface area (Å²) < 4.78 is 0.768. The van der Waals surface area contributed by atoms with Crippen molar-refractivity contribution in [3.63, 3.8) is 0 Å². The molecule has 1 saturated carbocycles. The molecule has 1 aliphatic carbocycles. The zero-order valence-corrected chi connectivity index (χ0v) is 11.8. The van der Waals surface area contributed by atoms with Gasteiger partial charge in [-0.15, -0.1) is 0 Å². The van der Waals surface area contributed by atoms with Crippen molar-refractivity contribution in [1.29, 1.82) is 0 Å². The van der Waals surface area contributed by atoms with Crippen LogP contribution in [-0.4, -0.2) is 47.1 Å². The number of nitrogens with zero attached hydrogens (tertiary/aromatic N) is 2. The van der Waals surface area contributed by atoms with Gasteiger partial charge in [0.2, 0.25) is 0 Å². The van der Waals surface area contributed by atoms with E-state index < -0.39 is 0 Å². The van der Waals surface area contributed by atoms with Gasteiger partial charge in [0, 0.05) is 30.3 Å². The highest BCUT2D eigenvalue weighted by molar-refractivity contribution is 9.10. The lowest BCUT2D eigenvalue weighted by Crippen LogP contribution is -2.36. The fourth-order valence-electron chi connectivity index (χ4n) is 1.90.